The second kappa shape index (κ2) is 9.97. The first-order valence-corrected chi connectivity index (χ1v) is 13.4. The summed E-state index contributed by atoms with van der Waals surface area (Å²) in [5.41, 5.74) is 1.32. The number of aryl methyl sites for hydroxylation is 1. The minimum atomic E-state index is -1.43. The van der Waals surface area contributed by atoms with Gasteiger partial charge in [-0.1, -0.05) is 12.1 Å². The zero-order valence-electron chi connectivity index (χ0n) is 20.2. The second-order valence-corrected chi connectivity index (χ2v) is 10.9. The molecule has 0 aliphatic carbocycles. The quantitative estimate of drug-likeness (QED) is 0.460. The summed E-state index contributed by atoms with van der Waals surface area (Å²) < 4.78 is 12.1. The summed E-state index contributed by atoms with van der Waals surface area (Å²) >= 11 is 2.95. The van der Waals surface area contributed by atoms with Gasteiger partial charge in [-0.2, -0.15) is 11.8 Å². The number of thiophene rings is 1. The van der Waals surface area contributed by atoms with Gasteiger partial charge >= 0.3 is 12.1 Å². The van der Waals surface area contributed by atoms with Crippen LogP contribution in [0, 0.1) is 6.92 Å². The van der Waals surface area contributed by atoms with E-state index < -0.39 is 17.8 Å². The normalized spacial score (nSPS) is 16.3. The second-order valence-electron chi connectivity index (χ2n) is 8.80. The molecule has 1 fully saturated rings. The number of anilines is 1. The molecule has 0 unspecified atom stereocenters. The smallest absolute Gasteiger partial charge is 0.422 e. The largest absolute Gasteiger partial charge is 0.423 e. The van der Waals surface area contributed by atoms with Crippen LogP contribution in [-0.4, -0.2) is 72.9 Å². The minimum absolute atomic E-state index is 0.183. The topological polar surface area (TPSA) is 74.7 Å². The van der Waals surface area contributed by atoms with Crippen molar-refractivity contribution in [2.75, 3.05) is 50.1 Å². The van der Waals surface area contributed by atoms with Gasteiger partial charge in [-0.15, -0.1) is 11.3 Å². The zero-order chi connectivity index (χ0) is 24.5. The van der Waals surface area contributed by atoms with Gasteiger partial charge in [-0.25, -0.2) is 14.7 Å². The molecule has 0 saturated carbocycles. The lowest BCUT2D eigenvalue weighted by Gasteiger charge is -2.39. The average molecular weight is 503 g/mol. The number of para-hydroxylation sites is 2. The van der Waals surface area contributed by atoms with Gasteiger partial charge in [0.05, 0.1) is 22.3 Å². The van der Waals surface area contributed by atoms with Crippen molar-refractivity contribution in [1.82, 2.24) is 9.80 Å². The Labute approximate surface area is 207 Å². The van der Waals surface area contributed by atoms with Gasteiger partial charge < -0.3 is 19.3 Å². The van der Waals surface area contributed by atoms with Crippen molar-refractivity contribution >= 4 is 52.4 Å². The maximum absolute atomic E-state index is 13.8. The number of amides is 1. The van der Waals surface area contributed by atoms with E-state index in [4.69, 9.17) is 14.5 Å². The summed E-state index contributed by atoms with van der Waals surface area (Å²) in [5.74, 6) is -0.932. The van der Waals surface area contributed by atoms with Crippen LogP contribution in [-0.2, 0) is 14.3 Å². The van der Waals surface area contributed by atoms with Crippen LogP contribution >= 0.6 is 23.1 Å². The number of hydrogen-bond acceptors (Lipinski definition) is 9. The Morgan fingerprint density at radius 2 is 1.85 bits per heavy atom. The van der Waals surface area contributed by atoms with E-state index >= 15 is 0 Å². The lowest BCUT2D eigenvalue weighted by Crippen LogP contribution is -2.52. The number of fused-ring (bicyclic) bond motifs is 2. The summed E-state index contributed by atoms with van der Waals surface area (Å²) in [6.07, 6.45) is 1.20. The van der Waals surface area contributed by atoms with Crippen LogP contribution in [0.4, 0.5) is 16.2 Å². The molecule has 3 heterocycles. The number of ether oxygens (including phenoxy) is 2. The Bertz CT molecular complexity index is 1200. The number of thioether (sulfide) groups is 1. The third-order valence-corrected chi connectivity index (χ3v) is 7.04. The Morgan fingerprint density at radius 1 is 1.15 bits per heavy atom. The van der Waals surface area contributed by atoms with Crippen LogP contribution in [0.25, 0.3) is 5.82 Å². The minimum Gasteiger partial charge on any atom is -0.422 e. The van der Waals surface area contributed by atoms with Gasteiger partial charge in [0.2, 0.25) is 0 Å². The molecule has 1 saturated heterocycles. The number of benzene rings is 1. The lowest BCUT2D eigenvalue weighted by atomic mass is 10.2. The van der Waals surface area contributed by atoms with Crippen molar-refractivity contribution in [2.45, 2.75) is 26.6 Å². The van der Waals surface area contributed by atoms with E-state index in [-0.39, 0.29) is 5.75 Å². The number of carbonyl (C=O) groups is 2. The van der Waals surface area contributed by atoms with Crippen LogP contribution < -0.4 is 14.8 Å². The third kappa shape index (κ3) is 5.24. The fraction of sp³-hybridized carbons (Fsp3) is 0.458. The molecule has 8 nitrogen and oxygen atoms in total. The fourth-order valence-electron chi connectivity index (χ4n) is 4.05. The van der Waals surface area contributed by atoms with Crippen LogP contribution in [0.1, 0.15) is 18.7 Å². The van der Waals surface area contributed by atoms with Crippen molar-refractivity contribution in [3.05, 3.63) is 45.1 Å². The molecule has 10 heteroatoms. The molecule has 34 heavy (non-hydrogen) atoms. The van der Waals surface area contributed by atoms with E-state index in [1.165, 1.54) is 11.8 Å². The van der Waals surface area contributed by atoms with Gasteiger partial charge in [0.15, 0.2) is 0 Å². The monoisotopic (exact) mass is 502 g/mol. The van der Waals surface area contributed by atoms with Gasteiger partial charge in [0.1, 0.15) is 10.5 Å². The fourth-order valence-corrected chi connectivity index (χ4v) is 5.23. The zero-order valence-corrected chi connectivity index (χ0v) is 21.8. The highest BCUT2D eigenvalue weighted by Crippen LogP contribution is 2.35. The predicted octanol–water partition coefficient (Wildman–Crippen LogP) is 2.92. The maximum atomic E-state index is 13.8. The Hall–Kier alpha value is -2.56. The number of piperazine rings is 1. The molecule has 2 aliphatic heterocycles. The molecule has 0 N–H and O–H groups in total. The first-order valence-electron chi connectivity index (χ1n) is 11.1. The first kappa shape index (κ1) is 24.6. The van der Waals surface area contributed by atoms with Crippen molar-refractivity contribution in [2.24, 2.45) is 4.99 Å². The molecule has 4 rings (SSSR count). The predicted molar refractivity (Wildman–Crippen MR) is 136 cm³/mol. The number of hydrogen-bond donors (Lipinski definition) is 0. The molecule has 0 bridgehead atoms. The Morgan fingerprint density at radius 3 is 2.56 bits per heavy atom. The molecule has 2 aliphatic rings. The van der Waals surface area contributed by atoms with E-state index in [1.54, 1.807) is 30.1 Å². The van der Waals surface area contributed by atoms with Gasteiger partial charge in [-0.05, 0) is 38.4 Å². The van der Waals surface area contributed by atoms with Crippen molar-refractivity contribution in [3.8, 4) is 0 Å². The van der Waals surface area contributed by atoms with Gasteiger partial charge in [-0.3, -0.25) is 4.79 Å². The molecule has 0 atom stereocenters. The van der Waals surface area contributed by atoms with Crippen molar-refractivity contribution in [3.63, 3.8) is 0 Å². The number of esters is 1. The molecule has 2 aromatic rings. The van der Waals surface area contributed by atoms with E-state index in [0.29, 0.717) is 11.4 Å². The molecular formula is C24H30N4O4S2. The summed E-state index contributed by atoms with van der Waals surface area (Å²) in [6, 6.07) is 9.62. The molecule has 0 radical (unpaired) electrons. The summed E-state index contributed by atoms with van der Waals surface area (Å²) in [7, 11) is 2.09. The standard InChI is InChI=1S/C24H30N4O4S2/c1-16-14-17-21(34-16)25-18-8-6-7-9-19(18)28(22(17)27-12-10-26(4)11-13-27)23(30)32-24(2,3)31-20(29)15-33-5/h6-9,14H,10-13,15H2,1-5H3. The number of likely N-dealkylation sites (N-methyl/N-ethyl adjacent to an activating group) is 1. The molecule has 1 amide bonds. The summed E-state index contributed by atoms with van der Waals surface area (Å²) in [5, 5.41) is 0.900. The van der Waals surface area contributed by atoms with Crippen LogP contribution in [0.15, 0.2) is 35.3 Å². The first-order chi connectivity index (χ1) is 16.2. The van der Waals surface area contributed by atoms with E-state index in [9.17, 15) is 9.59 Å². The van der Waals surface area contributed by atoms with Crippen molar-refractivity contribution < 1.29 is 19.1 Å². The number of nitrogens with zero attached hydrogens (tertiary/aromatic N) is 4. The van der Waals surface area contributed by atoms with Crippen LogP contribution in [0.5, 0.6) is 0 Å². The maximum Gasteiger partial charge on any atom is 0.423 e. The summed E-state index contributed by atoms with van der Waals surface area (Å²) in [6.45, 7) is 8.47. The summed E-state index contributed by atoms with van der Waals surface area (Å²) in [4.78, 5) is 38.0. The van der Waals surface area contributed by atoms with E-state index in [0.717, 1.165) is 46.8 Å². The third-order valence-electron chi connectivity index (χ3n) is 5.57. The van der Waals surface area contributed by atoms with Gasteiger partial charge in [0, 0.05) is 44.9 Å². The van der Waals surface area contributed by atoms with Crippen molar-refractivity contribution in [1.29, 1.82) is 0 Å². The molecule has 1 aromatic carbocycles. The van der Waals surface area contributed by atoms with E-state index in [1.807, 2.05) is 37.4 Å². The van der Waals surface area contributed by atoms with Gasteiger partial charge in [0.25, 0.3) is 5.79 Å². The van der Waals surface area contributed by atoms with Crippen LogP contribution in [0.2, 0.25) is 0 Å². The highest BCUT2D eigenvalue weighted by molar-refractivity contribution is 7.99. The Kier molecular flexibility index (Phi) is 7.20. The SMILES string of the molecule is CSCC(=O)OC(C)(C)OC(=O)N1C(N2CCN(C)CC2)=c2cc(C)sc2=Nc2ccccc21. The number of rotatable bonds is 5. The highest BCUT2D eigenvalue weighted by atomic mass is 32.2. The molecule has 182 valence electrons. The van der Waals surface area contributed by atoms with Crippen LogP contribution in [0.3, 0.4) is 0 Å². The van der Waals surface area contributed by atoms with E-state index in [2.05, 4.69) is 22.9 Å². The lowest BCUT2D eigenvalue weighted by molar-refractivity contribution is -0.190. The highest BCUT2D eigenvalue weighted by Gasteiger charge is 2.36. The molecular weight excluding hydrogens is 472 g/mol. The Balaban J connectivity index is 1.81. The number of carbonyl (C=O) groups excluding carboxylic acids is 2. The average Bonchev–Trinajstić information content (AvgIpc) is 3.05. The molecule has 1 aromatic heterocycles. The molecule has 0 spiro atoms.